The first kappa shape index (κ1) is 21.6. The van der Waals surface area contributed by atoms with Gasteiger partial charge in [-0.2, -0.15) is 0 Å². The number of methoxy groups -OCH3 is 1. The van der Waals surface area contributed by atoms with E-state index in [0.29, 0.717) is 32.5 Å². The van der Waals surface area contributed by atoms with Gasteiger partial charge in [0, 0.05) is 19.6 Å². The third kappa shape index (κ3) is 5.35. The van der Waals surface area contributed by atoms with Gasteiger partial charge in [0.2, 0.25) is 11.8 Å². The highest BCUT2D eigenvalue weighted by Gasteiger charge is 2.27. The minimum atomic E-state index is -0.280. The summed E-state index contributed by atoms with van der Waals surface area (Å²) >= 11 is 0. The number of carbonyl (C=O) groups is 2. The monoisotopic (exact) mass is 428 g/mol. The lowest BCUT2D eigenvalue weighted by Crippen LogP contribution is -2.38. The molecule has 164 valence electrons. The van der Waals surface area contributed by atoms with Crippen LogP contribution in [0.4, 0.5) is 0 Å². The van der Waals surface area contributed by atoms with Crippen LogP contribution in [0, 0.1) is 5.92 Å². The zero-order valence-corrected chi connectivity index (χ0v) is 18.3. The van der Waals surface area contributed by atoms with Gasteiger partial charge >= 0.3 is 0 Å². The van der Waals surface area contributed by atoms with E-state index in [-0.39, 0.29) is 17.7 Å². The summed E-state index contributed by atoms with van der Waals surface area (Å²) < 4.78 is 5.34. The summed E-state index contributed by atoms with van der Waals surface area (Å²) in [5.41, 5.74) is 4.20. The Bertz CT molecular complexity index is 1080. The Labute approximate surface area is 189 Å². The van der Waals surface area contributed by atoms with Gasteiger partial charge in [0.15, 0.2) is 0 Å². The molecule has 1 N–H and O–H groups in total. The molecule has 4 rings (SSSR count). The van der Waals surface area contributed by atoms with E-state index < -0.39 is 0 Å². The molecule has 3 aromatic rings. The van der Waals surface area contributed by atoms with Crippen LogP contribution in [-0.4, -0.2) is 43.5 Å². The van der Waals surface area contributed by atoms with E-state index >= 15 is 0 Å². The summed E-state index contributed by atoms with van der Waals surface area (Å²) in [6.07, 6.45) is 0.936. The normalized spacial score (nSPS) is 16.2. The van der Waals surface area contributed by atoms with Crippen LogP contribution in [0.1, 0.15) is 11.1 Å². The fourth-order valence-corrected chi connectivity index (χ4v) is 4.13. The third-order valence-electron chi connectivity index (χ3n) is 5.86. The van der Waals surface area contributed by atoms with Crippen molar-refractivity contribution in [3.8, 4) is 16.9 Å². The molecule has 0 aromatic heterocycles. The SMILES string of the molecule is COc1cccc(-c2cccc(CC3CN(C(=O)Cc4ccccc4)CCNC3=O)c2)c1. The lowest BCUT2D eigenvalue weighted by molar-refractivity contribution is -0.131. The van der Waals surface area contributed by atoms with E-state index in [9.17, 15) is 9.59 Å². The van der Waals surface area contributed by atoms with Crippen molar-refractivity contribution in [1.29, 1.82) is 0 Å². The number of hydrogen-bond acceptors (Lipinski definition) is 3. The Hall–Kier alpha value is -3.60. The molecule has 1 saturated heterocycles. The molecular formula is C27H28N2O3. The van der Waals surface area contributed by atoms with Gasteiger partial charge in [0.05, 0.1) is 19.4 Å². The molecule has 5 heteroatoms. The molecule has 1 unspecified atom stereocenters. The molecule has 2 amide bonds. The molecule has 0 saturated carbocycles. The highest BCUT2D eigenvalue weighted by Crippen LogP contribution is 2.25. The lowest BCUT2D eigenvalue weighted by atomic mass is 9.95. The van der Waals surface area contributed by atoms with Crippen LogP contribution < -0.4 is 10.1 Å². The number of carbonyl (C=O) groups excluding carboxylic acids is 2. The molecule has 1 aliphatic heterocycles. The van der Waals surface area contributed by atoms with E-state index in [1.807, 2.05) is 71.6 Å². The zero-order valence-electron chi connectivity index (χ0n) is 18.3. The summed E-state index contributed by atoms with van der Waals surface area (Å²) in [7, 11) is 1.66. The summed E-state index contributed by atoms with van der Waals surface area (Å²) in [4.78, 5) is 27.4. The van der Waals surface area contributed by atoms with Gasteiger partial charge in [-0.3, -0.25) is 9.59 Å². The van der Waals surface area contributed by atoms with Crippen molar-refractivity contribution in [2.75, 3.05) is 26.7 Å². The number of benzene rings is 3. The lowest BCUT2D eigenvalue weighted by Gasteiger charge is -2.23. The highest BCUT2D eigenvalue weighted by atomic mass is 16.5. The number of hydrogen-bond donors (Lipinski definition) is 1. The van der Waals surface area contributed by atoms with Crippen LogP contribution in [0.3, 0.4) is 0 Å². The van der Waals surface area contributed by atoms with Gasteiger partial charge in [0.1, 0.15) is 5.75 Å². The first-order valence-electron chi connectivity index (χ1n) is 10.9. The second kappa shape index (κ2) is 10.1. The maximum atomic E-state index is 12.9. The minimum Gasteiger partial charge on any atom is -0.497 e. The van der Waals surface area contributed by atoms with Gasteiger partial charge in [0.25, 0.3) is 0 Å². The van der Waals surface area contributed by atoms with E-state index in [4.69, 9.17) is 4.74 Å². The number of nitrogens with zero attached hydrogens (tertiary/aromatic N) is 1. The van der Waals surface area contributed by atoms with Crippen molar-refractivity contribution in [3.63, 3.8) is 0 Å². The number of ether oxygens (including phenoxy) is 1. The fourth-order valence-electron chi connectivity index (χ4n) is 4.13. The Morgan fingerprint density at radius 1 is 0.969 bits per heavy atom. The molecular weight excluding hydrogens is 400 g/mol. The number of nitrogens with one attached hydrogen (secondary N) is 1. The molecule has 0 spiro atoms. The van der Waals surface area contributed by atoms with Gasteiger partial charge in [-0.15, -0.1) is 0 Å². The van der Waals surface area contributed by atoms with Crippen molar-refractivity contribution >= 4 is 11.8 Å². The molecule has 1 aliphatic rings. The fraction of sp³-hybridized carbons (Fsp3) is 0.259. The summed E-state index contributed by atoms with van der Waals surface area (Å²) in [6.45, 7) is 1.46. The second-order valence-electron chi connectivity index (χ2n) is 8.13. The predicted octanol–water partition coefficient (Wildman–Crippen LogP) is 3.72. The molecule has 0 radical (unpaired) electrons. The average molecular weight is 429 g/mol. The van der Waals surface area contributed by atoms with E-state index in [1.54, 1.807) is 7.11 Å². The van der Waals surface area contributed by atoms with Crippen molar-refractivity contribution in [2.24, 2.45) is 5.92 Å². The first-order valence-corrected chi connectivity index (χ1v) is 10.9. The Morgan fingerprint density at radius 2 is 1.69 bits per heavy atom. The summed E-state index contributed by atoms with van der Waals surface area (Å²) in [6, 6.07) is 25.9. The Balaban J connectivity index is 1.48. The van der Waals surface area contributed by atoms with Crippen LogP contribution in [-0.2, 0) is 22.4 Å². The van der Waals surface area contributed by atoms with Gasteiger partial charge < -0.3 is 15.0 Å². The number of amides is 2. The maximum absolute atomic E-state index is 12.9. The largest absolute Gasteiger partial charge is 0.497 e. The van der Waals surface area contributed by atoms with Gasteiger partial charge in [-0.25, -0.2) is 0 Å². The van der Waals surface area contributed by atoms with Gasteiger partial charge in [-0.05, 0) is 40.8 Å². The van der Waals surface area contributed by atoms with Crippen LogP contribution >= 0.6 is 0 Å². The quantitative estimate of drug-likeness (QED) is 0.651. The molecule has 5 nitrogen and oxygen atoms in total. The molecule has 1 fully saturated rings. The first-order chi connectivity index (χ1) is 15.6. The standard InChI is InChI=1S/C27H28N2O3/c1-32-25-12-6-11-23(18-25)22-10-5-9-21(15-22)16-24-19-29(14-13-28-27(24)31)26(30)17-20-7-3-2-4-8-20/h2-12,15,18,24H,13-14,16-17,19H2,1H3,(H,28,31). The summed E-state index contributed by atoms with van der Waals surface area (Å²) in [5, 5.41) is 2.98. The van der Waals surface area contributed by atoms with Crippen LogP contribution in [0.15, 0.2) is 78.9 Å². The molecule has 0 bridgehead atoms. The molecule has 32 heavy (non-hydrogen) atoms. The summed E-state index contributed by atoms with van der Waals surface area (Å²) in [5.74, 6) is 0.594. The van der Waals surface area contributed by atoms with Crippen molar-refractivity contribution in [3.05, 3.63) is 90.0 Å². The van der Waals surface area contributed by atoms with E-state index in [1.165, 1.54) is 0 Å². The predicted molar refractivity (Wildman–Crippen MR) is 125 cm³/mol. The Kier molecular flexibility index (Phi) is 6.85. The van der Waals surface area contributed by atoms with Crippen LogP contribution in [0.2, 0.25) is 0 Å². The van der Waals surface area contributed by atoms with E-state index in [0.717, 1.165) is 28.0 Å². The average Bonchev–Trinajstić information content (AvgIpc) is 3.01. The van der Waals surface area contributed by atoms with E-state index in [2.05, 4.69) is 17.4 Å². The minimum absolute atomic E-state index is 0.00629. The third-order valence-corrected chi connectivity index (χ3v) is 5.86. The highest BCUT2D eigenvalue weighted by molar-refractivity contribution is 5.83. The number of rotatable bonds is 6. The van der Waals surface area contributed by atoms with Crippen LogP contribution in [0.25, 0.3) is 11.1 Å². The topological polar surface area (TPSA) is 58.6 Å². The zero-order chi connectivity index (χ0) is 22.3. The molecule has 0 aliphatic carbocycles. The molecule has 1 atom stereocenters. The second-order valence-corrected chi connectivity index (χ2v) is 8.13. The van der Waals surface area contributed by atoms with Crippen molar-refractivity contribution < 1.29 is 14.3 Å². The molecule has 3 aromatic carbocycles. The van der Waals surface area contributed by atoms with Gasteiger partial charge in [-0.1, -0.05) is 66.7 Å². The van der Waals surface area contributed by atoms with Crippen LogP contribution in [0.5, 0.6) is 5.75 Å². The Morgan fingerprint density at radius 3 is 2.47 bits per heavy atom. The van der Waals surface area contributed by atoms with Crippen molar-refractivity contribution in [1.82, 2.24) is 10.2 Å². The smallest absolute Gasteiger partial charge is 0.227 e. The molecule has 1 heterocycles. The van der Waals surface area contributed by atoms with Crippen molar-refractivity contribution in [2.45, 2.75) is 12.8 Å². The maximum Gasteiger partial charge on any atom is 0.227 e.